The molecule has 2 N–H and O–H groups in total. The molecule has 80 valence electrons. The molecule has 1 heterocycles. The first-order valence-corrected chi connectivity index (χ1v) is 6.36. The summed E-state index contributed by atoms with van der Waals surface area (Å²) in [4.78, 5) is 4.01. The number of oxazole rings is 1. The lowest BCUT2D eigenvalue weighted by atomic mass is 10.3. The fraction of sp³-hybridized carbons (Fsp3) is 0.125. The van der Waals surface area contributed by atoms with Crippen LogP contribution in [-0.2, 0) is 15.6 Å². The number of rotatable bonds is 2. The topological polar surface area (TPSA) is 86.2 Å². The molecule has 0 amide bonds. The van der Waals surface area contributed by atoms with Crippen LogP contribution in [0.1, 0.15) is 5.89 Å². The van der Waals surface area contributed by atoms with Gasteiger partial charge < -0.3 is 10.2 Å². The second-order valence-electron chi connectivity index (χ2n) is 2.88. The van der Waals surface area contributed by atoms with Crippen molar-refractivity contribution in [1.29, 1.82) is 0 Å². The lowest BCUT2D eigenvalue weighted by Crippen LogP contribution is -1.94. The van der Waals surface area contributed by atoms with E-state index in [2.05, 4.69) is 4.98 Å². The molecule has 0 unspecified atom stereocenters. The van der Waals surface area contributed by atoms with Crippen molar-refractivity contribution in [2.75, 3.05) is 0 Å². The molecule has 1 aromatic heterocycles. The lowest BCUT2D eigenvalue weighted by molar-refractivity contribution is 0.532. The minimum absolute atomic E-state index is 0.0172. The molecule has 0 bridgehead atoms. The Morgan fingerprint density at radius 2 is 2.20 bits per heavy atom. The first kappa shape index (κ1) is 10.4. The van der Waals surface area contributed by atoms with E-state index in [1.54, 1.807) is 0 Å². The number of hydrogen-bond donors (Lipinski definition) is 1. The van der Waals surface area contributed by atoms with Crippen LogP contribution >= 0.6 is 10.7 Å². The molecule has 7 heteroatoms. The normalized spacial score (nSPS) is 12.1. The van der Waals surface area contributed by atoms with Crippen molar-refractivity contribution in [2.24, 2.45) is 5.73 Å². The smallest absolute Gasteiger partial charge is 0.261 e. The van der Waals surface area contributed by atoms with Crippen LogP contribution < -0.4 is 5.73 Å². The zero-order valence-corrected chi connectivity index (χ0v) is 9.05. The molecule has 0 radical (unpaired) electrons. The van der Waals surface area contributed by atoms with Crippen LogP contribution in [0, 0.1) is 0 Å². The average molecular weight is 247 g/mol. The zero-order chi connectivity index (χ0) is 11.1. The van der Waals surface area contributed by atoms with Gasteiger partial charge in [-0.25, -0.2) is 13.4 Å². The summed E-state index contributed by atoms with van der Waals surface area (Å²) in [5, 5.41) is 0. The standard InChI is InChI=1S/C8H7ClN2O3S/c9-15(12,13)5-1-2-6-7(3-5)14-8(4-10)11-6/h1-3H,4,10H2. The minimum Gasteiger partial charge on any atom is -0.439 e. The Morgan fingerprint density at radius 1 is 1.47 bits per heavy atom. The van der Waals surface area contributed by atoms with Gasteiger partial charge in [0.25, 0.3) is 9.05 Å². The third kappa shape index (κ3) is 1.97. The number of nitrogens with two attached hydrogens (primary N) is 1. The molecule has 0 atom stereocenters. The van der Waals surface area contributed by atoms with Crippen molar-refractivity contribution in [1.82, 2.24) is 4.98 Å². The Morgan fingerprint density at radius 3 is 2.80 bits per heavy atom. The Bertz CT molecular complexity index is 605. The summed E-state index contributed by atoms with van der Waals surface area (Å²) in [5.74, 6) is 0.356. The summed E-state index contributed by atoms with van der Waals surface area (Å²) in [5.41, 5.74) is 6.25. The van der Waals surface area contributed by atoms with Crippen LogP contribution in [0.25, 0.3) is 11.1 Å². The van der Waals surface area contributed by atoms with Gasteiger partial charge in [0.05, 0.1) is 11.4 Å². The SMILES string of the molecule is NCc1nc2ccc(S(=O)(=O)Cl)cc2o1. The van der Waals surface area contributed by atoms with Crippen molar-refractivity contribution in [3.05, 3.63) is 24.1 Å². The van der Waals surface area contributed by atoms with Crippen LogP contribution in [-0.4, -0.2) is 13.4 Å². The highest BCUT2D eigenvalue weighted by molar-refractivity contribution is 8.13. The van der Waals surface area contributed by atoms with Crippen molar-refractivity contribution < 1.29 is 12.8 Å². The summed E-state index contributed by atoms with van der Waals surface area (Å²) >= 11 is 0. The van der Waals surface area contributed by atoms with Gasteiger partial charge in [-0.1, -0.05) is 0 Å². The molecule has 0 aliphatic rings. The summed E-state index contributed by atoms with van der Waals surface area (Å²) in [6.45, 7) is 0.164. The monoisotopic (exact) mass is 246 g/mol. The van der Waals surface area contributed by atoms with E-state index in [-0.39, 0.29) is 11.4 Å². The zero-order valence-electron chi connectivity index (χ0n) is 7.47. The number of benzene rings is 1. The maximum atomic E-state index is 11.0. The summed E-state index contributed by atoms with van der Waals surface area (Å²) in [7, 11) is 1.45. The van der Waals surface area contributed by atoms with E-state index in [9.17, 15) is 8.42 Å². The molecule has 0 fully saturated rings. The van der Waals surface area contributed by atoms with Crippen molar-refractivity contribution in [2.45, 2.75) is 11.4 Å². The maximum Gasteiger partial charge on any atom is 0.261 e. The number of hydrogen-bond acceptors (Lipinski definition) is 5. The van der Waals surface area contributed by atoms with Gasteiger partial charge in [-0.15, -0.1) is 0 Å². The fourth-order valence-electron chi connectivity index (χ4n) is 1.19. The fourth-order valence-corrected chi connectivity index (χ4v) is 1.96. The number of nitrogens with zero attached hydrogens (tertiary/aromatic N) is 1. The number of aromatic nitrogens is 1. The lowest BCUT2D eigenvalue weighted by Gasteiger charge is -1.93. The summed E-state index contributed by atoms with van der Waals surface area (Å²) in [6, 6.07) is 4.21. The third-order valence-electron chi connectivity index (χ3n) is 1.86. The van der Waals surface area contributed by atoms with E-state index in [0.717, 1.165) is 0 Å². The van der Waals surface area contributed by atoms with E-state index < -0.39 is 9.05 Å². The Kier molecular flexibility index (Phi) is 2.41. The highest BCUT2D eigenvalue weighted by Crippen LogP contribution is 2.22. The van der Waals surface area contributed by atoms with E-state index in [4.69, 9.17) is 20.8 Å². The van der Waals surface area contributed by atoms with Gasteiger partial charge in [0.1, 0.15) is 5.52 Å². The van der Waals surface area contributed by atoms with Gasteiger partial charge in [0.2, 0.25) is 5.89 Å². The van der Waals surface area contributed by atoms with Gasteiger partial charge in [-0.2, -0.15) is 0 Å². The van der Waals surface area contributed by atoms with E-state index >= 15 is 0 Å². The van der Waals surface area contributed by atoms with E-state index in [0.29, 0.717) is 17.0 Å². The predicted octanol–water partition coefficient (Wildman–Crippen LogP) is 1.21. The molecule has 0 saturated carbocycles. The van der Waals surface area contributed by atoms with Gasteiger partial charge >= 0.3 is 0 Å². The molecule has 1 aromatic carbocycles. The quantitative estimate of drug-likeness (QED) is 0.805. The maximum absolute atomic E-state index is 11.0. The predicted molar refractivity (Wildman–Crippen MR) is 54.9 cm³/mol. The van der Waals surface area contributed by atoms with Crippen molar-refractivity contribution in [3.63, 3.8) is 0 Å². The van der Waals surface area contributed by atoms with Crippen LogP contribution in [0.5, 0.6) is 0 Å². The van der Waals surface area contributed by atoms with Gasteiger partial charge in [-0.3, -0.25) is 0 Å². The second-order valence-corrected chi connectivity index (χ2v) is 5.45. The van der Waals surface area contributed by atoms with E-state index in [1.807, 2.05) is 0 Å². The molecule has 0 aliphatic heterocycles. The van der Waals surface area contributed by atoms with Crippen LogP contribution in [0.4, 0.5) is 0 Å². The number of halogens is 1. The van der Waals surface area contributed by atoms with E-state index in [1.165, 1.54) is 18.2 Å². The van der Waals surface area contributed by atoms with Crippen molar-refractivity contribution >= 4 is 30.8 Å². The minimum atomic E-state index is -3.74. The molecule has 15 heavy (non-hydrogen) atoms. The third-order valence-corrected chi connectivity index (χ3v) is 3.21. The Hall–Kier alpha value is -1.11. The highest BCUT2D eigenvalue weighted by Gasteiger charge is 2.12. The second kappa shape index (κ2) is 3.48. The first-order chi connectivity index (χ1) is 7.00. The summed E-state index contributed by atoms with van der Waals surface area (Å²) in [6.07, 6.45) is 0. The van der Waals surface area contributed by atoms with Crippen molar-refractivity contribution in [3.8, 4) is 0 Å². The highest BCUT2D eigenvalue weighted by atomic mass is 35.7. The van der Waals surface area contributed by atoms with Crippen LogP contribution in [0.15, 0.2) is 27.5 Å². The average Bonchev–Trinajstić information content (AvgIpc) is 2.57. The largest absolute Gasteiger partial charge is 0.439 e. The summed E-state index contributed by atoms with van der Waals surface area (Å²) < 4.78 is 27.3. The molecule has 0 spiro atoms. The van der Waals surface area contributed by atoms with Gasteiger partial charge in [0, 0.05) is 16.7 Å². The molecule has 2 aromatic rings. The Labute approximate surface area is 90.3 Å². The molecule has 0 saturated heterocycles. The van der Waals surface area contributed by atoms with Gasteiger partial charge in [-0.05, 0) is 12.1 Å². The molecule has 0 aliphatic carbocycles. The number of fused-ring (bicyclic) bond motifs is 1. The Balaban J connectivity index is 2.66. The van der Waals surface area contributed by atoms with Gasteiger partial charge in [0.15, 0.2) is 5.58 Å². The van der Waals surface area contributed by atoms with Crippen LogP contribution in [0.2, 0.25) is 0 Å². The van der Waals surface area contributed by atoms with Crippen LogP contribution in [0.3, 0.4) is 0 Å². The molecule has 5 nitrogen and oxygen atoms in total. The molecular formula is C8H7ClN2O3S. The molecule has 2 rings (SSSR count). The first-order valence-electron chi connectivity index (χ1n) is 4.05. The molecular weight excluding hydrogens is 240 g/mol.